The van der Waals surface area contributed by atoms with Crippen LogP contribution in [0.15, 0.2) is 66.6 Å². The third-order valence-corrected chi connectivity index (χ3v) is 4.34. The monoisotopic (exact) mass is 319 g/mol. The third kappa shape index (κ3) is 2.47. The summed E-state index contributed by atoms with van der Waals surface area (Å²) >= 11 is 1.59. The number of hydrogen-bond acceptors (Lipinski definition) is 5. The minimum atomic E-state index is 0.672. The summed E-state index contributed by atoms with van der Waals surface area (Å²) < 4.78 is 1.81. The van der Waals surface area contributed by atoms with E-state index in [0.717, 1.165) is 33.0 Å². The molecule has 0 unspecified atom stereocenters. The molecule has 0 radical (unpaired) electrons. The Morgan fingerprint density at radius 3 is 2.74 bits per heavy atom. The van der Waals surface area contributed by atoms with Gasteiger partial charge in [-0.05, 0) is 24.3 Å². The highest BCUT2D eigenvalue weighted by atomic mass is 32.2. The van der Waals surface area contributed by atoms with Gasteiger partial charge in [0.2, 0.25) is 0 Å². The normalized spacial score (nSPS) is 11.1. The average Bonchev–Trinajstić information content (AvgIpc) is 3.06. The number of thioether (sulfide) groups is 1. The van der Waals surface area contributed by atoms with Gasteiger partial charge in [0.25, 0.3) is 0 Å². The molecule has 0 aliphatic heterocycles. The Kier molecular flexibility index (Phi) is 3.51. The quantitative estimate of drug-likeness (QED) is 0.327. The first kappa shape index (κ1) is 13.9. The fraction of sp³-hybridized carbons (Fsp3) is 0.0588. The van der Waals surface area contributed by atoms with Crippen molar-refractivity contribution in [3.8, 4) is 11.4 Å². The fourth-order valence-corrected chi connectivity index (χ4v) is 3.06. The maximum absolute atomic E-state index is 4.72. The fourth-order valence-electron chi connectivity index (χ4n) is 2.38. The summed E-state index contributed by atoms with van der Waals surface area (Å²) in [4.78, 5) is 13.5. The lowest BCUT2D eigenvalue weighted by molar-refractivity contribution is 0.812. The number of hydrogen-bond donors (Lipinski definition) is 0. The second kappa shape index (κ2) is 5.81. The lowest BCUT2D eigenvalue weighted by Crippen LogP contribution is -1.98. The van der Waals surface area contributed by atoms with Crippen molar-refractivity contribution in [2.45, 2.75) is 5.16 Å². The Morgan fingerprint density at radius 1 is 1.09 bits per heavy atom. The van der Waals surface area contributed by atoms with Gasteiger partial charge in [0.1, 0.15) is 0 Å². The van der Waals surface area contributed by atoms with Gasteiger partial charge in [-0.25, -0.2) is 9.97 Å². The van der Waals surface area contributed by atoms with Crippen molar-refractivity contribution >= 4 is 28.3 Å². The Hall–Kier alpha value is -2.73. The molecular formula is C17H13N5S. The zero-order valence-corrected chi connectivity index (χ0v) is 13.1. The van der Waals surface area contributed by atoms with Crippen LogP contribution in [0.4, 0.5) is 0 Å². The van der Waals surface area contributed by atoms with E-state index in [-0.39, 0.29) is 0 Å². The summed E-state index contributed by atoms with van der Waals surface area (Å²) in [5, 5.41) is 6.45. The molecule has 0 aliphatic carbocycles. The van der Waals surface area contributed by atoms with Crippen molar-refractivity contribution in [3.63, 3.8) is 0 Å². The van der Waals surface area contributed by atoms with Gasteiger partial charge >= 0.3 is 0 Å². The zero-order valence-electron chi connectivity index (χ0n) is 12.3. The molecule has 0 bridgehead atoms. The van der Waals surface area contributed by atoms with Gasteiger partial charge in [0, 0.05) is 29.1 Å². The van der Waals surface area contributed by atoms with Crippen LogP contribution in [0.5, 0.6) is 0 Å². The van der Waals surface area contributed by atoms with Gasteiger partial charge in [-0.2, -0.15) is 4.52 Å². The summed E-state index contributed by atoms with van der Waals surface area (Å²) in [5.41, 5.74) is 2.67. The molecule has 0 saturated carbocycles. The van der Waals surface area contributed by atoms with Crippen LogP contribution < -0.4 is 0 Å². The number of nitrogens with zero attached hydrogens (tertiary/aromatic N) is 5. The second-order valence-electron chi connectivity index (χ2n) is 4.92. The van der Waals surface area contributed by atoms with Crippen LogP contribution in [0.25, 0.3) is 27.9 Å². The molecule has 5 nitrogen and oxygen atoms in total. The van der Waals surface area contributed by atoms with E-state index in [2.05, 4.69) is 16.7 Å². The summed E-state index contributed by atoms with van der Waals surface area (Å²) in [6.45, 7) is 3.77. The van der Waals surface area contributed by atoms with Crippen LogP contribution in [0.2, 0.25) is 0 Å². The second-order valence-corrected chi connectivity index (χ2v) is 5.91. The zero-order chi connectivity index (χ0) is 15.6. The van der Waals surface area contributed by atoms with Crippen LogP contribution in [0.3, 0.4) is 0 Å². The molecule has 0 spiro atoms. The molecule has 0 atom stereocenters. The molecule has 0 saturated heterocycles. The smallest absolute Gasteiger partial charge is 0.191 e. The van der Waals surface area contributed by atoms with Gasteiger partial charge in [0.15, 0.2) is 16.6 Å². The van der Waals surface area contributed by atoms with Crippen LogP contribution >= 0.6 is 11.8 Å². The molecular weight excluding hydrogens is 306 g/mol. The van der Waals surface area contributed by atoms with Crippen molar-refractivity contribution in [1.29, 1.82) is 0 Å². The Bertz CT molecular complexity index is 994. The number of aromatic nitrogens is 5. The van der Waals surface area contributed by atoms with E-state index in [1.165, 1.54) is 0 Å². The molecule has 0 N–H and O–H groups in total. The van der Waals surface area contributed by atoms with Gasteiger partial charge in [-0.1, -0.05) is 30.0 Å². The predicted octanol–water partition coefficient (Wildman–Crippen LogP) is 3.62. The molecule has 6 heteroatoms. The van der Waals surface area contributed by atoms with Crippen molar-refractivity contribution in [2.75, 3.05) is 5.75 Å². The van der Waals surface area contributed by atoms with Crippen molar-refractivity contribution in [2.24, 2.45) is 0 Å². The Morgan fingerprint density at radius 2 is 1.91 bits per heavy atom. The average molecular weight is 319 g/mol. The highest BCUT2D eigenvalue weighted by Gasteiger charge is 2.14. The molecule has 0 amide bonds. The van der Waals surface area contributed by atoms with E-state index >= 15 is 0 Å². The minimum Gasteiger partial charge on any atom is -0.265 e. The summed E-state index contributed by atoms with van der Waals surface area (Å²) in [6.07, 6.45) is 5.34. The number of fused-ring (bicyclic) bond motifs is 3. The molecule has 4 aromatic rings. The Labute approximate surface area is 137 Å². The highest BCUT2D eigenvalue weighted by Crippen LogP contribution is 2.26. The standard InChI is InChI=1S/C17H13N5S/c1-2-11-23-17-19-14-6-4-3-5-13(14)16-20-15(21-22(16)17)12-7-9-18-10-8-12/h2-10H,1,11H2. The number of benzene rings is 1. The van der Waals surface area contributed by atoms with E-state index in [9.17, 15) is 0 Å². The molecule has 4 rings (SSSR count). The first-order valence-electron chi connectivity index (χ1n) is 7.16. The molecule has 0 aliphatic rings. The third-order valence-electron chi connectivity index (χ3n) is 3.42. The van der Waals surface area contributed by atoms with Gasteiger partial charge in [-0.15, -0.1) is 11.7 Å². The Balaban J connectivity index is 2.00. The number of rotatable bonds is 4. The van der Waals surface area contributed by atoms with E-state index in [1.54, 1.807) is 24.2 Å². The minimum absolute atomic E-state index is 0.672. The van der Waals surface area contributed by atoms with E-state index in [4.69, 9.17) is 9.97 Å². The summed E-state index contributed by atoms with van der Waals surface area (Å²) in [5.74, 6) is 1.44. The van der Waals surface area contributed by atoms with Crippen molar-refractivity contribution in [1.82, 2.24) is 24.6 Å². The lowest BCUT2D eigenvalue weighted by Gasteiger charge is -2.04. The van der Waals surface area contributed by atoms with Gasteiger partial charge < -0.3 is 0 Å². The summed E-state index contributed by atoms with van der Waals surface area (Å²) in [7, 11) is 0. The topological polar surface area (TPSA) is 56.0 Å². The number of para-hydroxylation sites is 1. The van der Waals surface area contributed by atoms with E-state index < -0.39 is 0 Å². The maximum atomic E-state index is 4.72. The molecule has 1 aromatic carbocycles. The number of pyridine rings is 1. The van der Waals surface area contributed by atoms with Crippen molar-refractivity contribution in [3.05, 3.63) is 61.4 Å². The highest BCUT2D eigenvalue weighted by molar-refractivity contribution is 7.99. The summed E-state index contributed by atoms with van der Waals surface area (Å²) in [6, 6.07) is 11.8. The van der Waals surface area contributed by atoms with E-state index in [0.29, 0.717) is 5.82 Å². The first-order valence-corrected chi connectivity index (χ1v) is 8.15. The van der Waals surface area contributed by atoms with Gasteiger partial charge in [0.05, 0.1) is 5.52 Å². The molecule has 23 heavy (non-hydrogen) atoms. The predicted molar refractivity (Wildman–Crippen MR) is 92.4 cm³/mol. The van der Waals surface area contributed by atoms with Crippen LogP contribution in [0, 0.1) is 0 Å². The van der Waals surface area contributed by atoms with E-state index in [1.807, 2.05) is 47.0 Å². The largest absolute Gasteiger partial charge is 0.265 e. The molecule has 3 heterocycles. The van der Waals surface area contributed by atoms with Crippen LogP contribution in [-0.4, -0.2) is 30.3 Å². The molecule has 3 aromatic heterocycles. The SMILES string of the molecule is C=CCSc1nc2ccccc2c2nc(-c3ccncc3)nn12. The van der Waals surface area contributed by atoms with Gasteiger partial charge in [-0.3, -0.25) is 4.98 Å². The lowest BCUT2D eigenvalue weighted by atomic mass is 10.2. The van der Waals surface area contributed by atoms with Crippen LogP contribution in [0.1, 0.15) is 0 Å². The maximum Gasteiger partial charge on any atom is 0.191 e. The van der Waals surface area contributed by atoms with Crippen LogP contribution in [-0.2, 0) is 0 Å². The molecule has 112 valence electrons. The molecule has 0 fully saturated rings. The first-order chi connectivity index (χ1) is 11.4. The van der Waals surface area contributed by atoms with Crippen molar-refractivity contribution < 1.29 is 0 Å².